The lowest BCUT2D eigenvalue weighted by Gasteiger charge is -2.08. The van der Waals surface area contributed by atoms with E-state index in [2.05, 4.69) is 27.5 Å². The topological polar surface area (TPSA) is 88.8 Å². The molecule has 144 valence electrons. The molecule has 3 aromatic heterocycles. The number of aryl methyl sites for hydroxylation is 2. The summed E-state index contributed by atoms with van der Waals surface area (Å²) in [6.07, 6.45) is 2.58. The zero-order valence-electron chi connectivity index (χ0n) is 15.4. The average Bonchev–Trinajstić information content (AvgIpc) is 3.38. The molecular formula is C19H19N5O2S2. The predicted molar refractivity (Wildman–Crippen MR) is 109 cm³/mol. The second-order valence-corrected chi connectivity index (χ2v) is 8.04. The third kappa shape index (κ3) is 3.76. The fourth-order valence-electron chi connectivity index (χ4n) is 2.83. The minimum Gasteiger partial charge on any atom is -0.497 e. The monoisotopic (exact) mass is 413 g/mol. The Morgan fingerprint density at radius 2 is 2.14 bits per heavy atom. The molecule has 0 amide bonds. The average molecular weight is 414 g/mol. The van der Waals surface area contributed by atoms with Crippen molar-refractivity contribution < 1.29 is 9.47 Å². The van der Waals surface area contributed by atoms with Crippen LogP contribution in [0.15, 0.2) is 52.1 Å². The number of hydrogen-bond acceptors (Lipinski definition) is 7. The van der Waals surface area contributed by atoms with Gasteiger partial charge in [-0.2, -0.15) is 0 Å². The molecule has 0 aliphatic heterocycles. The Bertz CT molecular complexity index is 1150. The summed E-state index contributed by atoms with van der Waals surface area (Å²) in [6, 6.07) is 9.79. The van der Waals surface area contributed by atoms with Crippen LogP contribution in [-0.4, -0.2) is 33.7 Å². The summed E-state index contributed by atoms with van der Waals surface area (Å²) in [7, 11) is 3.26. The second-order valence-electron chi connectivity index (χ2n) is 5.98. The number of nitrogens with one attached hydrogen (secondary N) is 2. The molecule has 2 N–H and O–H groups in total. The standard InChI is InChI=1S/C19H19N5O2S2/c1-25-12-5-6-14(26-2)15(10-12)28-19-22-16-17(20)21-11-24(18(16)23-19)8-7-13-4-3-9-27-13/h3-6,9-11,20H,7-8H2,1-2H3,(H,22,23). The Hall–Kier alpha value is -2.78. The molecular weight excluding hydrogens is 394 g/mol. The first-order chi connectivity index (χ1) is 13.7. The van der Waals surface area contributed by atoms with Gasteiger partial charge < -0.3 is 19.0 Å². The third-order valence-corrected chi connectivity index (χ3v) is 6.12. The molecule has 0 saturated carbocycles. The van der Waals surface area contributed by atoms with Gasteiger partial charge in [-0.25, -0.2) is 9.97 Å². The smallest absolute Gasteiger partial charge is 0.173 e. The van der Waals surface area contributed by atoms with Crippen molar-refractivity contribution in [2.24, 2.45) is 0 Å². The van der Waals surface area contributed by atoms with Gasteiger partial charge in [-0.3, -0.25) is 5.41 Å². The molecule has 28 heavy (non-hydrogen) atoms. The fourth-order valence-corrected chi connectivity index (χ4v) is 4.45. The first kappa shape index (κ1) is 18.6. The van der Waals surface area contributed by atoms with E-state index in [1.54, 1.807) is 31.9 Å². The Balaban J connectivity index is 1.67. The van der Waals surface area contributed by atoms with Crippen molar-refractivity contribution in [2.75, 3.05) is 14.2 Å². The number of benzene rings is 1. The summed E-state index contributed by atoms with van der Waals surface area (Å²) >= 11 is 3.17. The lowest BCUT2D eigenvalue weighted by molar-refractivity contribution is 0.394. The number of nitrogens with zero attached hydrogens (tertiary/aromatic N) is 3. The molecule has 0 aliphatic carbocycles. The van der Waals surface area contributed by atoms with Crippen LogP contribution in [0.1, 0.15) is 4.88 Å². The van der Waals surface area contributed by atoms with Gasteiger partial charge in [0, 0.05) is 11.4 Å². The number of rotatable bonds is 7. The van der Waals surface area contributed by atoms with Crippen LogP contribution in [-0.2, 0) is 13.0 Å². The lowest BCUT2D eigenvalue weighted by atomic mass is 10.3. The zero-order valence-corrected chi connectivity index (χ0v) is 17.1. The summed E-state index contributed by atoms with van der Waals surface area (Å²) < 4.78 is 12.7. The highest BCUT2D eigenvalue weighted by atomic mass is 32.2. The molecule has 4 aromatic rings. The summed E-state index contributed by atoms with van der Waals surface area (Å²) in [5.74, 6) is 1.48. The Kier molecular flexibility index (Phi) is 5.36. The van der Waals surface area contributed by atoms with Crippen molar-refractivity contribution >= 4 is 34.3 Å². The van der Waals surface area contributed by atoms with E-state index in [9.17, 15) is 0 Å². The molecule has 9 heteroatoms. The van der Waals surface area contributed by atoms with Crippen LogP contribution < -0.4 is 15.0 Å². The van der Waals surface area contributed by atoms with Crippen molar-refractivity contribution in [3.8, 4) is 11.5 Å². The predicted octanol–water partition coefficient (Wildman–Crippen LogP) is 3.71. The number of methoxy groups -OCH3 is 2. The lowest BCUT2D eigenvalue weighted by Crippen LogP contribution is -2.13. The van der Waals surface area contributed by atoms with Crippen LogP contribution in [0.4, 0.5) is 0 Å². The number of aromatic amines is 1. The first-order valence-corrected chi connectivity index (χ1v) is 10.3. The number of ether oxygens (including phenoxy) is 2. The molecule has 0 aliphatic rings. The van der Waals surface area contributed by atoms with Crippen molar-refractivity contribution in [1.29, 1.82) is 5.41 Å². The fraction of sp³-hybridized carbons (Fsp3) is 0.211. The Labute approximate surface area is 169 Å². The van der Waals surface area contributed by atoms with Gasteiger partial charge in [-0.1, -0.05) is 6.07 Å². The number of aromatic nitrogens is 4. The summed E-state index contributed by atoms with van der Waals surface area (Å²) in [4.78, 5) is 14.3. The molecule has 4 rings (SSSR count). The van der Waals surface area contributed by atoms with E-state index in [0.717, 1.165) is 35.0 Å². The second kappa shape index (κ2) is 8.07. The van der Waals surface area contributed by atoms with Crippen LogP contribution in [0.5, 0.6) is 11.5 Å². The van der Waals surface area contributed by atoms with Crippen LogP contribution in [0, 0.1) is 5.41 Å². The largest absolute Gasteiger partial charge is 0.497 e. The maximum Gasteiger partial charge on any atom is 0.173 e. The van der Waals surface area contributed by atoms with Crippen molar-refractivity contribution in [3.05, 3.63) is 52.4 Å². The molecule has 0 unspecified atom stereocenters. The normalized spacial score (nSPS) is 11.1. The molecule has 0 radical (unpaired) electrons. The highest BCUT2D eigenvalue weighted by molar-refractivity contribution is 7.99. The molecule has 0 saturated heterocycles. The molecule has 0 fully saturated rings. The van der Waals surface area contributed by atoms with Crippen molar-refractivity contribution in [2.45, 2.75) is 23.0 Å². The summed E-state index contributed by atoms with van der Waals surface area (Å²) in [5, 5.41) is 10.9. The maximum atomic E-state index is 8.12. The highest BCUT2D eigenvalue weighted by Gasteiger charge is 2.13. The number of fused-ring (bicyclic) bond motifs is 1. The molecule has 1 aromatic carbocycles. The van der Waals surface area contributed by atoms with Crippen LogP contribution in [0.25, 0.3) is 11.2 Å². The SMILES string of the molecule is COc1ccc(OC)c(Sc2nc3c([nH]2)c(=N)ncn3CCc2cccs2)c1. The van der Waals surface area contributed by atoms with E-state index in [0.29, 0.717) is 10.7 Å². The molecule has 0 atom stereocenters. The van der Waals surface area contributed by atoms with E-state index in [1.807, 2.05) is 22.8 Å². The molecule has 0 bridgehead atoms. The summed E-state index contributed by atoms with van der Waals surface area (Å²) in [5.41, 5.74) is 1.53. The van der Waals surface area contributed by atoms with Crippen LogP contribution >= 0.6 is 23.1 Å². The van der Waals surface area contributed by atoms with Crippen LogP contribution in [0.2, 0.25) is 0 Å². The number of H-pyrrole nitrogens is 1. The van der Waals surface area contributed by atoms with Gasteiger partial charge in [0.05, 0.1) is 25.4 Å². The van der Waals surface area contributed by atoms with Gasteiger partial charge in [0.2, 0.25) is 0 Å². The minimum atomic E-state index is 0.180. The van der Waals surface area contributed by atoms with E-state index in [-0.39, 0.29) is 5.49 Å². The van der Waals surface area contributed by atoms with Crippen molar-refractivity contribution in [1.82, 2.24) is 19.5 Å². The van der Waals surface area contributed by atoms with E-state index in [1.165, 1.54) is 16.6 Å². The quantitative estimate of drug-likeness (QED) is 0.482. The maximum absolute atomic E-state index is 8.12. The van der Waals surface area contributed by atoms with Gasteiger partial charge >= 0.3 is 0 Å². The minimum absolute atomic E-state index is 0.180. The van der Waals surface area contributed by atoms with Crippen LogP contribution in [0.3, 0.4) is 0 Å². The van der Waals surface area contributed by atoms with Gasteiger partial charge in [-0.15, -0.1) is 11.3 Å². The van der Waals surface area contributed by atoms with Crippen molar-refractivity contribution in [3.63, 3.8) is 0 Å². The zero-order chi connectivity index (χ0) is 19.5. The third-order valence-electron chi connectivity index (χ3n) is 4.25. The van der Waals surface area contributed by atoms with Gasteiger partial charge in [0.1, 0.15) is 17.0 Å². The van der Waals surface area contributed by atoms with E-state index in [4.69, 9.17) is 19.9 Å². The number of hydrogen-bond donors (Lipinski definition) is 2. The highest BCUT2D eigenvalue weighted by Crippen LogP contribution is 2.36. The molecule has 3 heterocycles. The number of thiophene rings is 1. The van der Waals surface area contributed by atoms with E-state index < -0.39 is 0 Å². The molecule has 7 nitrogen and oxygen atoms in total. The van der Waals surface area contributed by atoms with Gasteiger partial charge in [0.15, 0.2) is 16.3 Å². The summed E-state index contributed by atoms with van der Waals surface area (Å²) in [6.45, 7) is 0.752. The number of imidazole rings is 1. The van der Waals surface area contributed by atoms with Gasteiger partial charge in [0.25, 0.3) is 0 Å². The first-order valence-electron chi connectivity index (χ1n) is 8.60. The van der Waals surface area contributed by atoms with E-state index >= 15 is 0 Å². The van der Waals surface area contributed by atoms with Gasteiger partial charge in [-0.05, 0) is 47.8 Å². The molecule has 0 spiro atoms. The Morgan fingerprint density at radius 3 is 2.89 bits per heavy atom. The Morgan fingerprint density at radius 1 is 1.25 bits per heavy atom.